The molecule has 3 fully saturated rings. The van der Waals surface area contributed by atoms with E-state index in [-0.39, 0.29) is 11.8 Å². The zero-order valence-electron chi connectivity index (χ0n) is 12.6. The maximum absolute atomic E-state index is 12.9. The minimum Gasteiger partial charge on any atom is -0.290 e. The predicted octanol–water partition coefficient (Wildman–Crippen LogP) is 2.22. The molecule has 116 valence electrons. The molecular weight excluding hydrogens is 280 g/mol. The molecule has 4 heteroatoms. The first-order valence-corrected chi connectivity index (χ1v) is 7.87. The highest BCUT2D eigenvalue weighted by Crippen LogP contribution is 2.73. The Hall–Kier alpha value is -1.84. The molecule has 0 aliphatic heterocycles. The number of rotatable bonds is 6. The summed E-state index contributed by atoms with van der Waals surface area (Å²) in [6, 6.07) is 0. The fourth-order valence-electron chi connectivity index (χ4n) is 5.65. The molecule has 2 bridgehead atoms. The number of hydrogen-bond acceptors (Lipinski definition) is 4. The van der Waals surface area contributed by atoms with Crippen LogP contribution < -0.4 is 0 Å². The lowest BCUT2D eigenvalue weighted by atomic mass is 9.54. The van der Waals surface area contributed by atoms with Crippen molar-refractivity contribution in [3.63, 3.8) is 0 Å². The standard InChI is InChI=1S/C18H20O4/c1-3-13(19)15(21)17-9-7-11(10-17)12-6-5-8-18(12,17)16(22)14(20)4-2/h3-4,11-12H,1-2,5-10H2. The monoisotopic (exact) mass is 300 g/mol. The van der Waals surface area contributed by atoms with Gasteiger partial charge in [0.2, 0.25) is 23.1 Å². The highest BCUT2D eigenvalue weighted by molar-refractivity contribution is 6.48. The molecule has 0 spiro atoms. The number of allylic oxidation sites excluding steroid dienone is 2. The van der Waals surface area contributed by atoms with Crippen molar-refractivity contribution < 1.29 is 19.2 Å². The topological polar surface area (TPSA) is 68.3 Å². The normalized spacial score (nSPS) is 38.4. The number of carbonyl (C=O) groups excluding carboxylic acids is 4. The van der Waals surface area contributed by atoms with Crippen molar-refractivity contribution >= 4 is 23.1 Å². The first-order valence-electron chi connectivity index (χ1n) is 7.87. The van der Waals surface area contributed by atoms with Crippen LogP contribution in [0.2, 0.25) is 0 Å². The van der Waals surface area contributed by atoms with Gasteiger partial charge in [0, 0.05) is 0 Å². The largest absolute Gasteiger partial charge is 0.290 e. The molecule has 3 rings (SSSR count). The van der Waals surface area contributed by atoms with Crippen LogP contribution in [-0.2, 0) is 19.2 Å². The summed E-state index contributed by atoms with van der Waals surface area (Å²) in [6.07, 6.45) is 6.23. The molecule has 22 heavy (non-hydrogen) atoms. The van der Waals surface area contributed by atoms with Gasteiger partial charge in [0.1, 0.15) is 0 Å². The second-order valence-corrected chi connectivity index (χ2v) is 6.85. The summed E-state index contributed by atoms with van der Waals surface area (Å²) in [6.45, 7) is 6.80. The molecular formula is C18H20O4. The molecule has 4 unspecified atom stereocenters. The van der Waals surface area contributed by atoms with Crippen molar-refractivity contribution in [1.29, 1.82) is 0 Å². The summed E-state index contributed by atoms with van der Waals surface area (Å²) in [5.41, 5.74) is -1.96. The van der Waals surface area contributed by atoms with E-state index in [1.54, 1.807) is 0 Å². The van der Waals surface area contributed by atoms with E-state index in [0.717, 1.165) is 31.4 Å². The van der Waals surface area contributed by atoms with E-state index in [0.29, 0.717) is 19.3 Å². The van der Waals surface area contributed by atoms with Gasteiger partial charge in [-0.05, 0) is 56.1 Å². The summed E-state index contributed by atoms with van der Waals surface area (Å²) in [5, 5.41) is 0. The van der Waals surface area contributed by atoms with Gasteiger partial charge in [-0.15, -0.1) is 0 Å². The Morgan fingerprint density at radius 2 is 1.55 bits per heavy atom. The van der Waals surface area contributed by atoms with Gasteiger partial charge < -0.3 is 0 Å². The zero-order chi connectivity index (χ0) is 16.1. The molecule has 4 atom stereocenters. The van der Waals surface area contributed by atoms with E-state index in [4.69, 9.17) is 0 Å². The Kier molecular flexibility index (Phi) is 3.31. The van der Waals surface area contributed by atoms with Gasteiger partial charge in [-0.25, -0.2) is 0 Å². The van der Waals surface area contributed by atoms with Crippen molar-refractivity contribution in [1.82, 2.24) is 0 Å². The summed E-state index contributed by atoms with van der Waals surface area (Å²) in [7, 11) is 0. The minimum atomic E-state index is -0.986. The first kappa shape index (κ1) is 15.1. The second kappa shape index (κ2) is 4.83. The SMILES string of the molecule is C=CC(=O)C(=O)C12CCC(C1)C1CCCC12C(=O)C(=O)C=C. The van der Waals surface area contributed by atoms with Gasteiger partial charge in [-0.1, -0.05) is 19.6 Å². The van der Waals surface area contributed by atoms with Gasteiger partial charge in [-0.2, -0.15) is 0 Å². The molecule has 0 heterocycles. The van der Waals surface area contributed by atoms with Gasteiger partial charge in [0.05, 0.1) is 10.8 Å². The number of fused-ring (bicyclic) bond motifs is 5. The van der Waals surface area contributed by atoms with Gasteiger partial charge >= 0.3 is 0 Å². The van der Waals surface area contributed by atoms with Crippen molar-refractivity contribution in [2.24, 2.45) is 22.7 Å². The smallest absolute Gasteiger partial charge is 0.221 e. The molecule has 3 saturated carbocycles. The molecule has 0 radical (unpaired) electrons. The molecule has 0 aromatic carbocycles. The average molecular weight is 300 g/mol. The third-order valence-corrected chi connectivity index (χ3v) is 6.35. The highest BCUT2D eigenvalue weighted by Gasteiger charge is 2.74. The van der Waals surface area contributed by atoms with Crippen LogP contribution in [0.4, 0.5) is 0 Å². The number of carbonyl (C=O) groups is 4. The molecule has 3 aliphatic rings. The van der Waals surface area contributed by atoms with E-state index in [2.05, 4.69) is 13.2 Å². The summed E-state index contributed by atoms with van der Waals surface area (Å²) < 4.78 is 0. The predicted molar refractivity (Wildman–Crippen MR) is 80.0 cm³/mol. The third kappa shape index (κ3) is 1.53. The van der Waals surface area contributed by atoms with Crippen LogP contribution >= 0.6 is 0 Å². The van der Waals surface area contributed by atoms with Crippen molar-refractivity contribution in [3.05, 3.63) is 25.3 Å². The molecule has 0 aromatic heterocycles. The van der Waals surface area contributed by atoms with Crippen molar-refractivity contribution in [2.45, 2.75) is 38.5 Å². The Bertz CT molecular complexity index is 617. The van der Waals surface area contributed by atoms with Gasteiger partial charge in [0.15, 0.2) is 0 Å². The van der Waals surface area contributed by atoms with E-state index in [1.807, 2.05) is 0 Å². The Labute approximate surface area is 129 Å². The van der Waals surface area contributed by atoms with Crippen LogP contribution in [0.5, 0.6) is 0 Å². The minimum absolute atomic E-state index is 0.0548. The average Bonchev–Trinajstić information content (AvgIpc) is 3.22. The zero-order valence-corrected chi connectivity index (χ0v) is 12.6. The van der Waals surface area contributed by atoms with E-state index in [1.165, 1.54) is 0 Å². The maximum atomic E-state index is 12.9. The van der Waals surface area contributed by atoms with E-state index >= 15 is 0 Å². The van der Waals surface area contributed by atoms with Crippen molar-refractivity contribution in [2.75, 3.05) is 0 Å². The molecule has 0 amide bonds. The quantitative estimate of drug-likeness (QED) is 0.557. The fourth-order valence-corrected chi connectivity index (χ4v) is 5.65. The van der Waals surface area contributed by atoms with E-state index < -0.39 is 34.0 Å². The van der Waals surface area contributed by atoms with E-state index in [9.17, 15) is 19.2 Å². The van der Waals surface area contributed by atoms with Crippen LogP contribution in [0.25, 0.3) is 0 Å². The van der Waals surface area contributed by atoms with Gasteiger partial charge in [-0.3, -0.25) is 19.2 Å². The van der Waals surface area contributed by atoms with Crippen LogP contribution in [0, 0.1) is 22.7 Å². The molecule has 4 nitrogen and oxygen atoms in total. The van der Waals surface area contributed by atoms with Crippen LogP contribution in [0.15, 0.2) is 25.3 Å². The van der Waals surface area contributed by atoms with Crippen LogP contribution in [0.3, 0.4) is 0 Å². The van der Waals surface area contributed by atoms with Crippen molar-refractivity contribution in [3.8, 4) is 0 Å². The molecule has 0 aromatic rings. The maximum Gasteiger partial charge on any atom is 0.221 e. The Morgan fingerprint density at radius 1 is 0.909 bits per heavy atom. The van der Waals surface area contributed by atoms with Crippen LogP contribution in [-0.4, -0.2) is 23.1 Å². The number of hydrogen-bond donors (Lipinski definition) is 0. The lowest BCUT2D eigenvalue weighted by molar-refractivity contribution is -0.156. The highest BCUT2D eigenvalue weighted by atomic mass is 16.2. The summed E-state index contributed by atoms with van der Waals surface area (Å²) in [5.74, 6) is -1.95. The number of Topliss-reactive ketones (excluding diaryl/α,β-unsaturated/α-hetero) is 2. The Morgan fingerprint density at radius 3 is 2.18 bits per heavy atom. The van der Waals surface area contributed by atoms with Crippen LogP contribution in [0.1, 0.15) is 38.5 Å². The van der Waals surface area contributed by atoms with Gasteiger partial charge in [0.25, 0.3) is 0 Å². The fraction of sp³-hybridized carbons (Fsp3) is 0.556. The summed E-state index contributed by atoms with van der Waals surface area (Å²) in [4.78, 5) is 49.7. The Balaban J connectivity index is 2.15. The summed E-state index contributed by atoms with van der Waals surface area (Å²) >= 11 is 0. The lowest BCUT2D eigenvalue weighted by Gasteiger charge is -2.44. The molecule has 0 N–H and O–H groups in total. The second-order valence-electron chi connectivity index (χ2n) is 6.85. The lowest BCUT2D eigenvalue weighted by Crippen LogP contribution is -2.54. The third-order valence-electron chi connectivity index (χ3n) is 6.35. The number of ketones is 4. The first-order chi connectivity index (χ1) is 10.4. The molecule has 3 aliphatic carbocycles. The molecule has 0 saturated heterocycles.